The van der Waals surface area contributed by atoms with Crippen LogP contribution in [-0.2, 0) is 10.2 Å². The van der Waals surface area contributed by atoms with Crippen molar-refractivity contribution in [2.45, 2.75) is 19.3 Å². The van der Waals surface area contributed by atoms with E-state index in [2.05, 4.69) is 15.3 Å². The van der Waals surface area contributed by atoms with E-state index in [9.17, 15) is 14.7 Å². The molecule has 0 atom stereocenters. The molecule has 7 heteroatoms. The second-order valence-corrected chi connectivity index (χ2v) is 6.34. The molecule has 2 heterocycles. The Morgan fingerprint density at radius 1 is 1.12 bits per heavy atom. The van der Waals surface area contributed by atoms with Crippen molar-refractivity contribution < 1.29 is 14.7 Å². The second kappa shape index (κ2) is 6.79. The maximum absolute atomic E-state index is 12.3. The highest BCUT2D eigenvalue weighted by Crippen LogP contribution is 2.25. The van der Waals surface area contributed by atoms with Gasteiger partial charge >= 0.3 is 5.97 Å². The number of carbonyl (C=O) groups is 2. The third-order valence-corrected chi connectivity index (χ3v) is 4.18. The monoisotopic (exact) mass is 350 g/mol. The number of amides is 1. The molecule has 1 aromatic carbocycles. The van der Waals surface area contributed by atoms with Crippen LogP contribution in [-0.4, -0.2) is 31.5 Å². The number of benzene rings is 1. The Morgan fingerprint density at radius 2 is 1.85 bits per heavy atom. The van der Waals surface area contributed by atoms with Crippen LogP contribution in [0.3, 0.4) is 0 Å². The van der Waals surface area contributed by atoms with E-state index in [-0.39, 0.29) is 5.91 Å². The number of rotatable bonds is 5. The number of aliphatic carboxylic acids is 1. The maximum Gasteiger partial charge on any atom is 0.313 e. The van der Waals surface area contributed by atoms with Gasteiger partial charge in [-0.05, 0) is 43.7 Å². The largest absolute Gasteiger partial charge is 0.481 e. The first-order valence-corrected chi connectivity index (χ1v) is 7.97. The van der Waals surface area contributed by atoms with E-state index >= 15 is 0 Å². The third kappa shape index (κ3) is 3.46. The number of nitrogens with one attached hydrogen (secondary N) is 1. The molecule has 0 spiro atoms. The standard InChI is InChI=1S/C19H18N4O3/c1-19(2,18(25)26)14-4-6-15(7-5-14)22-17(24)13-3-8-16(21-11-13)23-10-9-20-12-23/h3-12H,1-2H3,(H,22,24)(H,25,26). The summed E-state index contributed by atoms with van der Waals surface area (Å²) in [7, 11) is 0. The molecule has 0 aliphatic rings. The minimum atomic E-state index is -0.990. The van der Waals surface area contributed by atoms with Crippen molar-refractivity contribution in [2.75, 3.05) is 5.32 Å². The molecule has 0 saturated heterocycles. The van der Waals surface area contributed by atoms with Crippen LogP contribution >= 0.6 is 0 Å². The molecule has 26 heavy (non-hydrogen) atoms. The van der Waals surface area contributed by atoms with Gasteiger partial charge in [-0.3, -0.25) is 14.2 Å². The highest BCUT2D eigenvalue weighted by atomic mass is 16.4. The van der Waals surface area contributed by atoms with E-state index in [4.69, 9.17) is 0 Å². The smallest absolute Gasteiger partial charge is 0.313 e. The summed E-state index contributed by atoms with van der Waals surface area (Å²) in [6.07, 6.45) is 6.54. The lowest BCUT2D eigenvalue weighted by molar-refractivity contribution is -0.142. The molecule has 7 nitrogen and oxygen atoms in total. The fourth-order valence-corrected chi connectivity index (χ4v) is 2.36. The lowest BCUT2D eigenvalue weighted by Crippen LogP contribution is -2.28. The number of hydrogen-bond acceptors (Lipinski definition) is 4. The number of carbonyl (C=O) groups excluding carboxylic acids is 1. The first-order chi connectivity index (χ1) is 12.4. The molecule has 3 rings (SSSR count). The van der Waals surface area contributed by atoms with Gasteiger partial charge in [0.1, 0.15) is 12.1 Å². The van der Waals surface area contributed by atoms with Crippen LogP contribution in [0.1, 0.15) is 29.8 Å². The van der Waals surface area contributed by atoms with E-state index in [1.807, 2.05) is 0 Å². The summed E-state index contributed by atoms with van der Waals surface area (Å²) in [4.78, 5) is 31.8. The Balaban J connectivity index is 1.71. The molecule has 132 valence electrons. The van der Waals surface area contributed by atoms with Crippen molar-refractivity contribution in [1.82, 2.24) is 14.5 Å². The summed E-state index contributed by atoms with van der Waals surface area (Å²) in [6, 6.07) is 10.2. The van der Waals surface area contributed by atoms with Gasteiger partial charge in [-0.15, -0.1) is 0 Å². The molecule has 1 amide bonds. The van der Waals surface area contributed by atoms with Crippen molar-refractivity contribution in [1.29, 1.82) is 0 Å². The average molecular weight is 350 g/mol. The van der Waals surface area contributed by atoms with E-state index in [0.29, 0.717) is 22.6 Å². The lowest BCUT2D eigenvalue weighted by Gasteiger charge is -2.19. The zero-order valence-corrected chi connectivity index (χ0v) is 14.4. The van der Waals surface area contributed by atoms with Gasteiger partial charge in [-0.2, -0.15) is 0 Å². The second-order valence-electron chi connectivity index (χ2n) is 6.34. The first kappa shape index (κ1) is 17.3. The van der Waals surface area contributed by atoms with Crippen LogP contribution in [0.2, 0.25) is 0 Å². The van der Waals surface area contributed by atoms with Crippen molar-refractivity contribution in [3.8, 4) is 5.82 Å². The molecule has 0 unspecified atom stereocenters. The topological polar surface area (TPSA) is 97.1 Å². The highest BCUT2D eigenvalue weighted by molar-refractivity contribution is 6.04. The Morgan fingerprint density at radius 3 is 2.38 bits per heavy atom. The predicted octanol–water partition coefficient (Wildman–Crippen LogP) is 2.88. The van der Waals surface area contributed by atoms with Crippen molar-refractivity contribution in [2.24, 2.45) is 0 Å². The first-order valence-electron chi connectivity index (χ1n) is 7.97. The third-order valence-electron chi connectivity index (χ3n) is 4.18. The molecule has 0 radical (unpaired) electrons. The summed E-state index contributed by atoms with van der Waals surface area (Å²) in [5, 5.41) is 12.0. The van der Waals surface area contributed by atoms with Crippen LogP contribution < -0.4 is 5.32 Å². The highest BCUT2D eigenvalue weighted by Gasteiger charge is 2.29. The van der Waals surface area contributed by atoms with Crippen molar-refractivity contribution in [3.05, 3.63) is 72.4 Å². The van der Waals surface area contributed by atoms with Gasteiger partial charge in [0.05, 0.1) is 11.0 Å². The fourth-order valence-electron chi connectivity index (χ4n) is 2.36. The number of carboxylic acid groups (broad SMARTS) is 1. The number of aromatic nitrogens is 3. The van der Waals surface area contributed by atoms with Crippen LogP contribution in [0, 0.1) is 0 Å². The predicted molar refractivity (Wildman–Crippen MR) is 96.4 cm³/mol. The molecular weight excluding hydrogens is 332 g/mol. The number of hydrogen-bond donors (Lipinski definition) is 2. The van der Waals surface area contributed by atoms with Gasteiger partial charge in [-0.25, -0.2) is 9.97 Å². The SMILES string of the molecule is CC(C)(C(=O)O)c1ccc(NC(=O)c2ccc(-n3ccnc3)nc2)cc1. The normalized spacial score (nSPS) is 11.2. The van der Waals surface area contributed by atoms with Gasteiger partial charge in [0.15, 0.2) is 0 Å². The number of pyridine rings is 1. The Labute approximate surface area is 150 Å². The molecular formula is C19H18N4O3. The lowest BCUT2D eigenvalue weighted by atomic mass is 9.85. The minimum Gasteiger partial charge on any atom is -0.481 e. The summed E-state index contributed by atoms with van der Waals surface area (Å²) in [5.41, 5.74) is 0.673. The Hall–Kier alpha value is -3.48. The van der Waals surface area contributed by atoms with Crippen molar-refractivity contribution in [3.63, 3.8) is 0 Å². The van der Waals surface area contributed by atoms with E-state index in [1.54, 1.807) is 73.5 Å². The van der Waals surface area contributed by atoms with Crippen LogP contribution in [0.5, 0.6) is 0 Å². The quantitative estimate of drug-likeness (QED) is 0.737. The number of anilines is 1. The van der Waals surface area contributed by atoms with Crippen molar-refractivity contribution >= 4 is 17.6 Å². The Bertz CT molecular complexity index is 914. The van der Waals surface area contributed by atoms with Crippen LogP contribution in [0.4, 0.5) is 5.69 Å². The van der Waals surface area contributed by atoms with E-state index in [1.165, 1.54) is 6.20 Å². The van der Waals surface area contributed by atoms with Crippen LogP contribution in [0.15, 0.2) is 61.3 Å². The fraction of sp³-hybridized carbons (Fsp3) is 0.158. The Kier molecular flexibility index (Phi) is 4.53. The number of imidazole rings is 1. The molecule has 0 bridgehead atoms. The van der Waals surface area contributed by atoms with Gasteiger partial charge in [0.2, 0.25) is 0 Å². The zero-order valence-electron chi connectivity index (χ0n) is 14.4. The molecule has 0 fully saturated rings. The van der Waals surface area contributed by atoms with E-state index in [0.717, 1.165) is 0 Å². The number of nitrogens with zero attached hydrogens (tertiary/aromatic N) is 3. The van der Waals surface area contributed by atoms with Gasteiger partial charge < -0.3 is 10.4 Å². The molecule has 3 aromatic rings. The van der Waals surface area contributed by atoms with Gasteiger partial charge in [0, 0.05) is 24.3 Å². The molecule has 0 aliphatic heterocycles. The molecule has 0 aliphatic carbocycles. The average Bonchev–Trinajstić information content (AvgIpc) is 3.17. The number of carboxylic acids is 1. The summed E-state index contributed by atoms with van der Waals surface area (Å²) >= 11 is 0. The van der Waals surface area contributed by atoms with E-state index < -0.39 is 11.4 Å². The van der Waals surface area contributed by atoms with Gasteiger partial charge in [0.25, 0.3) is 5.91 Å². The van der Waals surface area contributed by atoms with Gasteiger partial charge in [-0.1, -0.05) is 12.1 Å². The van der Waals surface area contributed by atoms with Crippen LogP contribution in [0.25, 0.3) is 5.82 Å². The molecule has 0 saturated carbocycles. The summed E-state index contributed by atoms with van der Waals surface area (Å²) in [6.45, 7) is 3.27. The zero-order chi connectivity index (χ0) is 18.7. The maximum atomic E-state index is 12.3. The minimum absolute atomic E-state index is 0.292. The molecule has 2 N–H and O–H groups in total. The summed E-state index contributed by atoms with van der Waals surface area (Å²) in [5.74, 6) is -0.530. The molecule has 2 aromatic heterocycles. The summed E-state index contributed by atoms with van der Waals surface area (Å²) < 4.78 is 1.74.